The maximum atomic E-state index is 13.0. The van der Waals surface area contributed by atoms with Crippen LogP contribution in [0.25, 0.3) is 0 Å². The first-order valence-corrected chi connectivity index (χ1v) is 3.86. The molecule has 1 saturated heterocycles. The van der Waals surface area contributed by atoms with Crippen molar-refractivity contribution in [3.05, 3.63) is 0 Å². The lowest BCUT2D eigenvalue weighted by molar-refractivity contribution is -0.280. The molecule has 0 saturated carbocycles. The van der Waals surface area contributed by atoms with E-state index in [0.29, 0.717) is 0 Å². The van der Waals surface area contributed by atoms with Gasteiger partial charge in [-0.25, -0.2) is 8.78 Å². The Hall–Kier alpha value is -0.300. The van der Waals surface area contributed by atoms with Gasteiger partial charge in [-0.15, -0.1) is 0 Å². The van der Waals surface area contributed by atoms with Gasteiger partial charge >= 0.3 is 0 Å². The normalized spacial score (nSPS) is 46.4. The van der Waals surface area contributed by atoms with Crippen LogP contribution in [0.15, 0.2) is 0 Å². The van der Waals surface area contributed by atoms with Gasteiger partial charge in [0.05, 0.1) is 0 Å². The van der Waals surface area contributed by atoms with Crippen LogP contribution in [-0.2, 0) is 9.47 Å². The van der Waals surface area contributed by atoms with Gasteiger partial charge in [-0.1, -0.05) is 0 Å². The van der Waals surface area contributed by atoms with Gasteiger partial charge in [-0.2, -0.15) is 0 Å². The van der Waals surface area contributed by atoms with Crippen molar-refractivity contribution in [2.45, 2.75) is 30.8 Å². The van der Waals surface area contributed by atoms with Crippen LogP contribution < -0.4 is 0 Å². The van der Waals surface area contributed by atoms with Gasteiger partial charge in [0.1, 0.15) is 25.0 Å². The van der Waals surface area contributed by atoms with Gasteiger partial charge in [0.25, 0.3) is 0 Å². The molecule has 0 aromatic carbocycles. The Kier molecular flexibility index (Phi) is 3.55. The number of methoxy groups -OCH3 is 1. The van der Waals surface area contributed by atoms with E-state index in [0.717, 1.165) is 0 Å². The van der Waals surface area contributed by atoms with Crippen molar-refractivity contribution in [3.8, 4) is 0 Å². The lowest BCUT2D eigenvalue weighted by Gasteiger charge is -2.37. The number of alkyl halides is 2. The number of hydrogen-bond donors (Lipinski definition) is 2. The summed E-state index contributed by atoms with van der Waals surface area (Å²) in [5.74, 6) is 0. The van der Waals surface area contributed by atoms with Crippen LogP contribution in [0.5, 0.6) is 0 Å². The summed E-state index contributed by atoms with van der Waals surface area (Å²) in [6, 6.07) is 0. The summed E-state index contributed by atoms with van der Waals surface area (Å²) in [6.07, 6.45) is -7.63. The maximum Gasteiger partial charge on any atom is 0.186 e. The number of halogens is 2. The van der Waals surface area contributed by atoms with Crippen molar-refractivity contribution in [2.24, 2.45) is 0 Å². The Labute approximate surface area is 74.1 Å². The van der Waals surface area contributed by atoms with Crippen molar-refractivity contribution < 1.29 is 28.5 Å². The van der Waals surface area contributed by atoms with E-state index in [-0.39, 0.29) is 0 Å². The fourth-order valence-corrected chi connectivity index (χ4v) is 1.21. The molecule has 6 heteroatoms. The topological polar surface area (TPSA) is 58.9 Å². The lowest BCUT2D eigenvalue weighted by atomic mass is 10.0. The summed E-state index contributed by atoms with van der Waals surface area (Å²) in [5.41, 5.74) is 0. The average molecular weight is 198 g/mol. The van der Waals surface area contributed by atoms with Crippen LogP contribution in [-0.4, -0.2) is 54.8 Å². The van der Waals surface area contributed by atoms with Crippen molar-refractivity contribution in [1.82, 2.24) is 0 Å². The van der Waals surface area contributed by atoms with Crippen molar-refractivity contribution in [2.75, 3.05) is 13.8 Å². The Morgan fingerprint density at radius 3 is 2.46 bits per heavy atom. The summed E-state index contributed by atoms with van der Waals surface area (Å²) in [5, 5.41) is 18.3. The summed E-state index contributed by atoms with van der Waals surface area (Å²) < 4.78 is 34.4. The molecular weight excluding hydrogens is 186 g/mol. The molecule has 0 unspecified atom stereocenters. The molecule has 0 aromatic rings. The summed E-state index contributed by atoms with van der Waals surface area (Å²) in [6.45, 7) is -1.06. The highest BCUT2D eigenvalue weighted by Gasteiger charge is 2.45. The predicted molar refractivity (Wildman–Crippen MR) is 38.6 cm³/mol. The maximum absolute atomic E-state index is 13.0. The minimum absolute atomic E-state index is 1.06. The summed E-state index contributed by atoms with van der Waals surface area (Å²) >= 11 is 0. The summed E-state index contributed by atoms with van der Waals surface area (Å²) in [7, 11) is 1.22. The predicted octanol–water partition coefficient (Wildman–Crippen LogP) is -0.613. The van der Waals surface area contributed by atoms with Crippen LogP contribution in [0.3, 0.4) is 0 Å². The lowest BCUT2D eigenvalue weighted by Crippen LogP contribution is -2.56. The first-order chi connectivity index (χ1) is 6.11. The molecule has 0 radical (unpaired) electrons. The molecule has 0 aromatic heterocycles. The van der Waals surface area contributed by atoms with Crippen LogP contribution in [0.4, 0.5) is 8.78 Å². The first-order valence-electron chi connectivity index (χ1n) is 3.86. The molecule has 1 fully saturated rings. The molecule has 5 atom stereocenters. The third kappa shape index (κ3) is 1.96. The molecule has 1 rings (SSSR count). The van der Waals surface area contributed by atoms with E-state index in [2.05, 4.69) is 4.74 Å². The fraction of sp³-hybridized carbons (Fsp3) is 1.00. The smallest absolute Gasteiger partial charge is 0.186 e. The van der Waals surface area contributed by atoms with Gasteiger partial charge in [0.15, 0.2) is 12.5 Å². The molecule has 1 aliphatic heterocycles. The molecule has 0 bridgehead atoms. The molecule has 0 amide bonds. The van der Waals surface area contributed by atoms with E-state index in [9.17, 15) is 8.78 Å². The van der Waals surface area contributed by atoms with Crippen LogP contribution in [0.1, 0.15) is 0 Å². The van der Waals surface area contributed by atoms with Gasteiger partial charge in [-0.05, 0) is 0 Å². The molecule has 0 aliphatic carbocycles. The van der Waals surface area contributed by atoms with Crippen LogP contribution >= 0.6 is 0 Å². The molecule has 13 heavy (non-hydrogen) atoms. The largest absolute Gasteiger partial charge is 0.387 e. The fourth-order valence-electron chi connectivity index (χ4n) is 1.21. The third-order valence-electron chi connectivity index (χ3n) is 2.00. The zero-order chi connectivity index (χ0) is 10.0. The Bertz CT molecular complexity index is 149. The third-order valence-corrected chi connectivity index (χ3v) is 2.00. The number of hydrogen-bond acceptors (Lipinski definition) is 4. The first kappa shape index (κ1) is 10.8. The number of ether oxygens (including phenoxy) is 2. The summed E-state index contributed by atoms with van der Waals surface area (Å²) in [4.78, 5) is 0. The Morgan fingerprint density at radius 2 is 2.00 bits per heavy atom. The SMILES string of the molecule is CO[C@H]1O[C@H](CF)[C@@H](F)[C@H](O)[C@H]1O. The Morgan fingerprint density at radius 1 is 1.38 bits per heavy atom. The quantitative estimate of drug-likeness (QED) is 0.621. The molecule has 78 valence electrons. The van der Waals surface area contributed by atoms with Gasteiger partial charge in [0, 0.05) is 7.11 Å². The standard InChI is InChI=1S/C7H12F2O4/c1-12-7-6(11)5(10)4(9)3(2-8)13-7/h3-7,10-11H,2H2,1H3/t3-,4-,5+,6-,7+/m1/s1. The van der Waals surface area contributed by atoms with E-state index in [1.807, 2.05) is 0 Å². The second-order valence-electron chi connectivity index (χ2n) is 2.86. The van der Waals surface area contributed by atoms with E-state index < -0.39 is 37.4 Å². The molecule has 0 spiro atoms. The van der Waals surface area contributed by atoms with Crippen LogP contribution in [0.2, 0.25) is 0 Å². The second kappa shape index (κ2) is 4.28. The van der Waals surface area contributed by atoms with E-state index in [4.69, 9.17) is 14.9 Å². The monoisotopic (exact) mass is 198 g/mol. The van der Waals surface area contributed by atoms with Crippen molar-refractivity contribution >= 4 is 0 Å². The molecular formula is C7H12F2O4. The highest BCUT2D eigenvalue weighted by atomic mass is 19.1. The van der Waals surface area contributed by atoms with Gasteiger partial charge in [-0.3, -0.25) is 0 Å². The number of aliphatic hydroxyl groups excluding tert-OH is 2. The highest BCUT2D eigenvalue weighted by Crippen LogP contribution is 2.24. The number of rotatable bonds is 2. The zero-order valence-electron chi connectivity index (χ0n) is 7.06. The molecule has 2 N–H and O–H groups in total. The van der Waals surface area contributed by atoms with Crippen LogP contribution in [0, 0.1) is 0 Å². The second-order valence-corrected chi connectivity index (χ2v) is 2.86. The minimum atomic E-state index is -1.92. The van der Waals surface area contributed by atoms with E-state index >= 15 is 0 Å². The van der Waals surface area contributed by atoms with Gasteiger partial charge < -0.3 is 19.7 Å². The zero-order valence-corrected chi connectivity index (χ0v) is 7.06. The van der Waals surface area contributed by atoms with Crippen molar-refractivity contribution in [1.29, 1.82) is 0 Å². The minimum Gasteiger partial charge on any atom is -0.387 e. The average Bonchev–Trinajstić information content (AvgIpc) is 2.15. The Balaban J connectivity index is 2.66. The molecule has 4 nitrogen and oxygen atoms in total. The van der Waals surface area contributed by atoms with E-state index in [1.54, 1.807) is 0 Å². The van der Waals surface area contributed by atoms with Crippen molar-refractivity contribution in [3.63, 3.8) is 0 Å². The van der Waals surface area contributed by atoms with Gasteiger partial charge in [0.2, 0.25) is 0 Å². The molecule has 1 heterocycles. The van der Waals surface area contributed by atoms with E-state index in [1.165, 1.54) is 7.11 Å². The highest BCUT2D eigenvalue weighted by molar-refractivity contribution is 4.89. The number of aliphatic hydroxyl groups is 2. The molecule has 1 aliphatic rings.